The van der Waals surface area contributed by atoms with Crippen LogP contribution in [0.1, 0.15) is 54.2 Å². The lowest BCUT2D eigenvalue weighted by Gasteiger charge is -2.37. The number of hydrogen-bond donors (Lipinski definition) is 5. The van der Waals surface area contributed by atoms with Gasteiger partial charge in [0.05, 0.1) is 12.0 Å². The Morgan fingerprint density at radius 3 is 2.02 bits per heavy atom. The zero-order chi connectivity index (χ0) is 33.6. The number of para-hydroxylation sites is 1. The molecule has 10 nitrogen and oxygen atoms in total. The van der Waals surface area contributed by atoms with Crippen molar-refractivity contribution in [1.82, 2.24) is 15.2 Å². The second-order valence-corrected chi connectivity index (χ2v) is 12.3. The van der Waals surface area contributed by atoms with Gasteiger partial charge in [-0.15, -0.1) is 0 Å². The van der Waals surface area contributed by atoms with Crippen molar-refractivity contribution >= 4 is 40.2 Å². The fourth-order valence-corrected chi connectivity index (χ4v) is 6.11. The predicted octanol–water partition coefficient (Wildman–Crippen LogP) is 7.63. The highest BCUT2D eigenvalue weighted by atomic mass is 16.5. The maximum Gasteiger partial charge on any atom is 0.319 e. The Morgan fingerprint density at radius 2 is 1.42 bits per heavy atom. The minimum absolute atomic E-state index is 0.0396. The van der Waals surface area contributed by atoms with E-state index in [0.717, 1.165) is 22.0 Å². The number of benzene rings is 4. The number of aromatic nitrogens is 1. The highest BCUT2D eigenvalue weighted by molar-refractivity contribution is 6.04. The summed E-state index contributed by atoms with van der Waals surface area (Å²) in [6.45, 7) is 5.13. The van der Waals surface area contributed by atoms with Crippen LogP contribution in [0, 0.1) is 5.92 Å². The van der Waals surface area contributed by atoms with Crippen molar-refractivity contribution in [3.8, 4) is 11.5 Å². The van der Waals surface area contributed by atoms with Gasteiger partial charge in [0.1, 0.15) is 11.5 Å². The van der Waals surface area contributed by atoms with Gasteiger partial charge in [-0.25, -0.2) is 4.79 Å². The van der Waals surface area contributed by atoms with Crippen LogP contribution in [0.4, 0.5) is 16.2 Å². The first-order valence-electron chi connectivity index (χ1n) is 16.1. The van der Waals surface area contributed by atoms with Crippen LogP contribution in [0.2, 0.25) is 0 Å². The first-order chi connectivity index (χ1) is 23.2. The molecule has 6 rings (SSSR count). The smallest absolute Gasteiger partial charge is 0.319 e. The number of piperidine rings is 1. The number of aliphatic carboxylic acids is 1. The number of nitrogens with zero attached hydrogens (tertiary/aromatic N) is 1. The SMILES string of the molecule is CC(C)NC(=O)Nc1ccc(Oc2ccc(NC(=O)c3ccc(C(c4c[nH]c5ccccc45)N4CCC(C(=O)O)CC4)cc3)cc2)cc1. The van der Waals surface area contributed by atoms with Gasteiger partial charge in [-0.1, -0.05) is 30.3 Å². The van der Waals surface area contributed by atoms with Gasteiger partial charge in [0, 0.05) is 40.1 Å². The van der Waals surface area contributed by atoms with Gasteiger partial charge in [0.2, 0.25) is 0 Å². The summed E-state index contributed by atoms with van der Waals surface area (Å²) >= 11 is 0. The number of nitrogens with one attached hydrogen (secondary N) is 4. The molecule has 0 aliphatic carbocycles. The zero-order valence-corrected chi connectivity index (χ0v) is 26.9. The number of anilines is 2. The van der Waals surface area contributed by atoms with Crippen LogP contribution in [0.5, 0.6) is 11.5 Å². The van der Waals surface area contributed by atoms with E-state index >= 15 is 0 Å². The third-order valence-electron chi connectivity index (χ3n) is 8.53. The summed E-state index contributed by atoms with van der Waals surface area (Å²) in [5.41, 5.74) is 5.01. The molecule has 0 saturated carbocycles. The molecule has 4 aromatic carbocycles. The quantitative estimate of drug-likeness (QED) is 0.106. The molecule has 48 heavy (non-hydrogen) atoms. The summed E-state index contributed by atoms with van der Waals surface area (Å²) in [6.07, 6.45) is 3.23. The molecule has 10 heteroatoms. The third kappa shape index (κ3) is 7.67. The van der Waals surface area contributed by atoms with Crippen LogP contribution in [-0.4, -0.2) is 52.0 Å². The monoisotopic (exact) mass is 645 g/mol. The van der Waals surface area contributed by atoms with Gasteiger partial charge in [-0.3, -0.25) is 14.5 Å². The number of carbonyl (C=O) groups is 3. The van der Waals surface area contributed by atoms with Crippen LogP contribution in [0.3, 0.4) is 0 Å². The number of fused-ring (bicyclic) bond motifs is 1. The van der Waals surface area contributed by atoms with E-state index in [9.17, 15) is 19.5 Å². The number of H-pyrrole nitrogens is 1. The van der Waals surface area contributed by atoms with E-state index in [1.165, 1.54) is 0 Å². The topological polar surface area (TPSA) is 136 Å². The molecule has 1 unspecified atom stereocenters. The second kappa shape index (κ2) is 14.4. The molecule has 3 amide bonds. The molecule has 0 spiro atoms. The van der Waals surface area contributed by atoms with Crippen LogP contribution in [-0.2, 0) is 4.79 Å². The van der Waals surface area contributed by atoms with Crippen molar-refractivity contribution in [2.24, 2.45) is 5.92 Å². The highest BCUT2D eigenvalue weighted by Crippen LogP contribution is 2.36. The Hall–Kier alpha value is -5.61. The minimum Gasteiger partial charge on any atom is -0.481 e. The van der Waals surface area contributed by atoms with E-state index in [1.54, 1.807) is 48.5 Å². The van der Waals surface area contributed by atoms with Crippen molar-refractivity contribution in [2.45, 2.75) is 38.8 Å². The van der Waals surface area contributed by atoms with Crippen LogP contribution in [0.25, 0.3) is 10.9 Å². The van der Waals surface area contributed by atoms with E-state index in [-0.39, 0.29) is 29.9 Å². The first kappa shape index (κ1) is 32.3. The number of rotatable bonds is 10. The molecule has 1 aromatic heterocycles. The Balaban J connectivity index is 1.10. The third-order valence-corrected chi connectivity index (χ3v) is 8.53. The molecule has 5 N–H and O–H groups in total. The molecular weight excluding hydrogens is 606 g/mol. The summed E-state index contributed by atoms with van der Waals surface area (Å²) < 4.78 is 5.93. The first-order valence-corrected chi connectivity index (χ1v) is 16.1. The Bertz CT molecular complexity index is 1880. The van der Waals surface area contributed by atoms with E-state index in [1.807, 2.05) is 62.5 Å². The number of likely N-dealkylation sites (tertiary alicyclic amines) is 1. The van der Waals surface area contributed by atoms with Crippen molar-refractivity contribution < 1.29 is 24.2 Å². The van der Waals surface area contributed by atoms with Crippen molar-refractivity contribution in [1.29, 1.82) is 0 Å². The van der Waals surface area contributed by atoms with Gasteiger partial charge in [-0.2, -0.15) is 0 Å². The number of carboxylic acids is 1. The molecule has 1 saturated heterocycles. The van der Waals surface area contributed by atoms with Gasteiger partial charge < -0.3 is 30.8 Å². The number of urea groups is 1. The Labute approximate surface area is 279 Å². The molecular formula is C38H39N5O5. The summed E-state index contributed by atoms with van der Waals surface area (Å²) in [6, 6.07) is 29.7. The summed E-state index contributed by atoms with van der Waals surface area (Å²) in [5.74, 6) is -0.0733. The zero-order valence-electron chi connectivity index (χ0n) is 26.9. The maximum absolute atomic E-state index is 13.2. The fraction of sp³-hybridized carbons (Fsp3) is 0.237. The van der Waals surface area contributed by atoms with Crippen molar-refractivity contribution in [2.75, 3.05) is 23.7 Å². The lowest BCUT2D eigenvalue weighted by atomic mass is 9.91. The molecule has 1 aliphatic rings. The van der Waals surface area contributed by atoms with E-state index in [0.29, 0.717) is 54.4 Å². The molecule has 5 aromatic rings. The summed E-state index contributed by atoms with van der Waals surface area (Å²) in [7, 11) is 0. The van der Waals surface area contributed by atoms with Gasteiger partial charge in [0.15, 0.2) is 0 Å². The number of aromatic amines is 1. The number of amides is 3. The van der Waals surface area contributed by atoms with Crippen LogP contribution < -0.4 is 20.7 Å². The lowest BCUT2D eigenvalue weighted by Crippen LogP contribution is -2.39. The number of carboxylic acid groups (broad SMARTS) is 1. The number of carbonyl (C=O) groups excluding carboxylic acids is 2. The van der Waals surface area contributed by atoms with Crippen LogP contribution >= 0.6 is 0 Å². The van der Waals surface area contributed by atoms with E-state index in [4.69, 9.17) is 4.74 Å². The average molecular weight is 646 g/mol. The molecule has 246 valence electrons. The van der Waals surface area contributed by atoms with Gasteiger partial charge in [0.25, 0.3) is 5.91 Å². The molecule has 0 radical (unpaired) electrons. The summed E-state index contributed by atoms with van der Waals surface area (Å²) in [5, 5.41) is 19.2. The molecule has 0 bridgehead atoms. The largest absolute Gasteiger partial charge is 0.481 e. The average Bonchev–Trinajstić information content (AvgIpc) is 3.50. The molecule has 1 fully saturated rings. The summed E-state index contributed by atoms with van der Waals surface area (Å²) in [4.78, 5) is 42.4. The fourth-order valence-electron chi connectivity index (χ4n) is 6.11. The standard InChI is InChI=1S/C38H39N5O5/c1-24(2)40-38(47)42-29-13-17-31(18-14-29)48-30-15-11-28(12-16-30)41-36(44)26-9-7-25(8-10-26)35(43-21-19-27(20-22-43)37(45)46)33-23-39-34-6-4-3-5-32(33)34/h3-18,23-24,27,35,39H,19-22H2,1-2H3,(H,41,44)(H,45,46)(H2,40,42,47). The number of hydrogen-bond acceptors (Lipinski definition) is 5. The minimum atomic E-state index is -0.732. The molecule has 2 heterocycles. The maximum atomic E-state index is 13.2. The molecule has 1 aliphatic heterocycles. The normalized spacial score (nSPS) is 14.4. The van der Waals surface area contributed by atoms with E-state index in [2.05, 4.69) is 31.9 Å². The predicted molar refractivity (Wildman–Crippen MR) is 187 cm³/mol. The molecule has 1 atom stereocenters. The van der Waals surface area contributed by atoms with Gasteiger partial charge >= 0.3 is 12.0 Å². The lowest BCUT2D eigenvalue weighted by molar-refractivity contribution is -0.143. The Kier molecular flexibility index (Phi) is 9.73. The van der Waals surface area contributed by atoms with Crippen molar-refractivity contribution in [3.05, 3.63) is 120 Å². The van der Waals surface area contributed by atoms with E-state index < -0.39 is 5.97 Å². The number of ether oxygens (including phenoxy) is 1. The highest BCUT2D eigenvalue weighted by Gasteiger charge is 2.31. The Morgan fingerprint density at radius 1 is 0.812 bits per heavy atom. The second-order valence-electron chi connectivity index (χ2n) is 12.3. The van der Waals surface area contributed by atoms with Crippen LogP contribution in [0.15, 0.2) is 103 Å². The van der Waals surface area contributed by atoms with Gasteiger partial charge in [-0.05, 0) is 118 Å². The van der Waals surface area contributed by atoms with Crippen molar-refractivity contribution in [3.63, 3.8) is 0 Å².